The minimum absolute atomic E-state index is 0.125. The molecule has 9 nitrogen and oxygen atoms in total. The van der Waals surface area contributed by atoms with E-state index in [1.54, 1.807) is 11.0 Å². The van der Waals surface area contributed by atoms with Gasteiger partial charge in [-0.3, -0.25) is 4.79 Å². The largest absolute Gasteiger partial charge is 0.483 e. The number of piperidine rings is 1. The first-order valence-corrected chi connectivity index (χ1v) is 13.0. The Morgan fingerprint density at radius 1 is 1.09 bits per heavy atom. The molecule has 0 amide bonds. The molecular weight excluding hydrogens is 450 g/mol. The van der Waals surface area contributed by atoms with E-state index in [-0.39, 0.29) is 17.8 Å². The number of ketones is 1. The first-order valence-electron chi connectivity index (χ1n) is 12.2. The van der Waals surface area contributed by atoms with Crippen LogP contribution >= 0.6 is 11.5 Å². The molecule has 1 saturated carbocycles. The number of rotatable bonds is 8. The van der Waals surface area contributed by atoms with Gasteiger partial charge in [0, 0.05) is 36.5 Å². The highest BCUT2D eigenvalue weighted by atomic mass is 32.1. The molecule has 2 aromatic heterocycles. The van der Waals surface area contributed by atoms with E-state index >= 15 is 0 Å². The van der Waals surface area contributed by atoms with Crippen LogP contribution in [-0.4, -0.2) is 54.5 Å². The topological polar surface area (TPSA) is 98.9 Å². The van der Waals surface area contributed by atoms with E-state index in [2.05, 4.69) is 38.6 Å². The molecule has 5 rings (SSSR count). The summed E-state index contributed by atoms with van der Waals surface area (Å²) in [4.78, 5) is 20.0. The number of anilines is 1. The van der Waals surface area contributed by atoms with E-state index in [0.717, 1.165) is 68.3 Å². The van der Waals surface area contributed by atoms with Crippen LogP contribution in [0.4, 0.5) is 5.13 Å². The lowest BCUT2D eigenvalue weighted by atomic mass is 9.88. The average molecular weight is 482 g/mol. The predicted octanol–water partition coefficient (Wildman–Crippen LogP) is 4.06. The first-order chi connectivity index (χ1) is 16.6. The SMILES string of the molecule is CC(C)c1nsc(N2CCC(CCC3CCC(Oc4ccc(-n5cnnn5)cc4)C3=O)CC2)n1. The minimum Gasteiger partial charge on any atom is -0.483 e. The summed E-state index contributed by atoms with van der Waals surface area (Å²) >= 11 is 1.52. The van der Waals surface area contributed by atoms with Gasteiger partial charge in [0.2, 0.25) is 5.13 Å². The smallest absolute Gasteiger partial charge is 0.205 e. The number of benzene rings is 1. The van der Waals surface area contributed by atoms with Gasteiger partial charge in [-0.25, -0.2) is 9.67 Å². The van der Waals surface area contributed by atoms with Crippen LogP contribution in [0.1, 0.15) is 64.1 Å². The van der Waals surface area contributed by atoms with E-state index < -0.39 is 0 Å². The Morgan fingerprint density at radius 2 is 1.88 bits per heavy atom. The zero-order chi connectivity index (χ0) is 23.5. The van der Waals surface area contributed by atoms with Crippen molar-refractivity contribution in [3.05, 3.63) is 36.4 Å². The van der Waals surface area contributed by atoms with Gasteiger partial charge in [-0.2, -0.15) is 4.37 Å². The van der Waals surface area contributed by atoms with Crippen LogP contribution in [0, 0.1) is 11.8 Å². The van der Waals surface area contributed by atoms with Gasteiger partial charge in [0.15, 0.2) is 11.9 Å². The third-order valence-corrected chi connectivity index (χ3v) is 7.77. The second-order valence-corrected chi connectivity index (χ2v) is 10.4. The number of nitrogens with zero attached hydrogens (tertiary/aromatic N) is 7. The molecule has 2 aliphatic rings. The van der Waals surface area contributed by atoms with Crippen molar-refractivity contribution in [2.45, 2.75) is 64.4 Å². The highest BCUT2D eigenvalue weighted by Crippen LogP contribution is 2.33. The molecule has 0 radical (unpaired) electrons. The van der Waals surface area contributed by atoms with E-state index in [1.807, 2.05) is 24.3 Å². The lowest BCUT2D eigenvalue weighted by Gasteiger charge is -2.31. The summed E-state index contributed by atoms with van der Waals surface area (Å²) in [5.74, 6) is 3.09. The summed E-state index contributed by atoms with van der Waals surface area (Å²) < 4.78 is 12.1. The third kappa shape index (κ3) is 5.11. The van der Waals surface area contributed by atoms with E-state index in [1.165, 1.54) is 11.5 Å². The molecular formula is C24H31N7O2S. The maximum absolute atomic E-state index is 13.0. The van der Waals surface area contributed by atoms with Gasteiger partial charge in [-0.15, -0.1) is 5.10 Å². The Balaban J connectivity index is 1.06. The Morgan fingerprint density at radius 3 is 2.56 bits per heavy atom. The molecule has 1 aromatic carbocycles. The molecule has 3 heterocycles. The highest BCUT2D eigenvalue weighted by molar-refractivity contribution is 7.09. The summed E-state index contributed by atoms with van der Waals surface area (Å²) in [6.07, 6.45) is 7.33. The molecule has 2 fully saturated rings. The van der Waals surface area contributed by atoms with Crippen LogP contribution in [0.5, 0.6) is 5.75 Å². The lowest BCUT2D eigenvalue weighted by molar-refractivity contribution is -0.126. The maximum Gasteiger partial charge on any atom is 0.205 e. The van der Waals surface area contributed by atoms with Crippen molar-refractivity contribution in [1.29, 1.82) is 0 Å². The Labute approximate surface area is 203 Å². The maximum atomic E-state index is 13.0. The van der Waals surface area contributed by atoms with Gasteiger partial charge in [0.25, 0.3) is 0 Å². The van der Waals surface area contributed by atoms with Crippen LogP contribution in [0.2, 0.25) is 0 Å². The second-order valence-electron chi connectivity index (χ2n) is 9.63. The van der Waals surface area contributed by atoms with Crippen molar-refractivity contribution >= 4 is 22.4 Å². The molecule has 0 N–H and O–H groups in total. The van der Waals surface area contributed by atoms with Gasteiger partial charge >= 0.3 is 0 Å². The molecule has 3 aromatic rings. The van der Waals surface area contributed by atoms with E-state index in [4.69, 9.17) is 9.72 Å². The molecule has 10 heteroatoms. The fraction of sp³-hybridized carbons (Fsp3) is 0.583. The number of ether oxygens (including phenoxy) is 1. The quantitative estimate of drug-likeness (QED) is 0.475. The fourth-order valence-corrected chi connectivity index (χ4v) is 5.72. The molecule has 0 bridgehead atoms. The number of hydrogen-bond acceptors (Lipinski definition) is 9. The van der Waals surface area contributed by atoms with Gasteiger partial charge in [0.1, 0.15) is 17.9 Å². The molecule has 2 atom stereocenters. The van der Waals surface area contributed by atoms with Crippen molar-refractivity contribution in [2.24, 2.45) is 11.8 Å². The molecule has 0 spiro atoms. The van der Waals surface area contributed by atoms with E-state index in [0.29, 0.717) is 17.6 Å². The van der Waals surface area contributed by atoms with Crippen molar-refractivity contribution < 1.29 is 9.53 Å². The van der Waals surface area contributed by atoms with Gasteiger partial charge in [-0.1, -0.05) is 13.8 Å². The third-order valence-electron chi connectivity index (χ3n) is 6.98. The molecule has 1 aliphatic heterocycles. The van der Waals surface area contributed by atoms with Crippen molar-refractivity contribution in [2.75, 3.05) is 18.0 Å². The Hall–Kier alpha value is -2.88. The van der Waals surface area contributed by atoms with Crippen LogP contribution in [0.25, 0.3) is 5.69 Å². The predicted molar refractivity (Wildman–Crippen MR) is 129 cm³/mol. The highest BCUT2D eigenvalue weighted by Gasteiger charge is 2.36. The van der Waals surface area contributed by atoms with Crippen LogP contribution in [-0.2, 0) is 4.79 Å². The molecule has 34 heavy (non-hydrogen) atoms. The van der Waals surface area contributed by atoms with Gasteiger partial charge in [0.05, 0.1) is 5.69 Å². The number of carbonyl (C=O) groups excluding carboxylic acids is 1. The second kappa shape index (κ2) is 10.2. The van der Waals surface area contributed by atoms with Crippen LogP contribution < -0.4 is 9.64 Å². The number of hydrogen-bond donors (Lipinski definition) is 0. The minimum atomic E-state index is -0.335. The van der Waals surface area contributed by atoms with Gasteiger partial charge in [-0.05, 0) is 79.1 Å². The number of carbonyl (C=O) groups is 1. The zero-order valence-electron chi connectivity index (χ0n) is 19.7. The van der Waals surface area contributed by atoms with Crippen LogP contribution in [0.15, 0.2) is 30.6 Å². The summed E-state index contributed by atoms with van der Waals surface area (Å²) in [5.41, 5.74) is 0.852. The van der Waals surface area contributed by atoms with Crippen molar-refractivity contribution in [3.8, 4) is 11.4 Å². The zero-order valence-corrected chi connectivity index (χ0v) is 20.5. The molecule has 180 valence electrons. The molecule has 1 saturated heterocycles. The van der Waals surface area contributed by atoms with Crippen molar-refractivity contribution in [3.63, 3.8) is 0 Å². The molecule has 1 aliphatic carbocycles. The monoisotopic (exact) mass is 481 g/mol. The van der Waals surface area contributed by atoms with E-state index in [9.17, 15) is 4.79 Å². The molecule has 2 unspecified atom stereocenters. The van der Waals surface area contributed by atoms with Crippen LogP contribution in [0.3, 0.4) is 0 Å². The Kier molecular flexibility index (Phi) is 6.85. The average Bonchev–Trinajstić information content (AvgIpc) is 3.62. The lowest BCUT2D eigenvalue weighted by Crippen LogP contribution is -2.34. The number of aromatic nitrogens is 6. The number of Topliss-reactive ketones (excluding diaryl/α,β-unsaturated/α-hetero) is 1. The number of tetrazole rings is 1. The fourth-order valence-electron chi connectivity index (χ4n) is 4.86. The first kappa shape index (κ1) is 22.9. The Bertz CT molecular complexity index is 1080. The standard InChI is InChI=1S/C24H31N7O2S/c1-16(2)23-26-24(34-27-23)30-13-11-17(12-14-30)3-4-18-5-10-21(22(18)32)33-20-8-6-19(7-9-20)31-15-25-28-29-31/h6-9,15-18,21H,3-5,10-14H2,1-2H3. The van der Waals surface area contributed by atoms with Gasteiger partial charge < -0.3 is 9.64 Å². The van der Waals surface area contributed by atoms with Crippen molar-refractivity contribution in [1.82, 2.24) is 29.6 Å². The summed E-state index contributed by atoms with van der Waals surface area (Å²) in [5, 5.41) is 12.2. The summed E-state index contributed by atoms with van der Waals surface area (Å²) in [7, 11) is 0. The normalized spacial score (nSPS) is 21.5. The summed E-state index contributed by atoms with van der Waals surface area (Å²) in [6.45, 7) is 6.32. The summed E-state index contributed by atoms with van der Waals surface area (Å²) in [6, 6.07) is 7.52.